The van der Waals surface area contributed by atoms with Crippen molar-refractivity contribution in [3.63, 3.8) is 0 Å². The predicted octanol–water partition coefficient (Wildman–Crippen LogP) is 1.09. The van der Waals surface area contributed by atoms with Gasteiger partial charge in [0.2, 0.25) is 9.84 Å². The van der Waals surface area contributed by atoms with E-state index in [-0.39, 0.29) is 16.2 Å². The van der Waals surface area contributed by atoms with E-state index in [1.807, 2.05) is 0 Å². The van der Waals surface area contributed by atoms with Gasteiger partial charge in [0, 0.05) is 6.07 Å². The Morgan fingerprint density at radius 1 is 1.14 bits per heavy atom. The Hall–Kier alpha value is -2.88. The number of hydrogen-bond donors (Lipinski definition) is 1. The van der Waals surface area contributed by atoms with Crippen LogP contribution in [0, 0.1) is 10.1 Å². The lowest BCUT2D eigenvalue weighted by molar-refractivity contribution is -0.387. The molecule has 21 heavy (non-hydrogen) atoms. The van der Waals surface area contributed by atoms with Crippen LogP contribution in [0.4, 0.5) is 5.69 Å². The number of H-pyrrole nitrogens is 1. The summed E-state index contributed by atoms with van der Waals surface area (Å²) in [6.07, 6.45) is 2.32. The number of imidazole rings is 1. The Morgan fingerprint density at radius 2 is 1.90 bits per heavy atom. The third-order valence-corrected chi connectivity index (χ3v) is 4.54. The van der Waals surface area contributed by atoms with E-state index < -0.39 is 25.3 Å². The monoisotopic (exact) mass is 305 g/mol. The van der Waals surface area contributed by atoms with Crippen LogP contribution in [0.5, 0.6) is 0 Å². The zero-order valence-electron chi connectivity index (χ0n) is 10.3. The van der Waals surface area contributed by atoms with Gasteiger partial charge in [0.1, 0.15) is 11.8 Å². The summed E-state index contributed by atoms with van der Waals surface area (Å²) in [6, 6.07) is 5.09. The van der Waals surface area contributed by atoms with Gasteiger partial charge in [0.15, 0.2) is 15.6 Å². The largest absolute Gasteiger partial charge is 0.341 e. The van der Waals surface area contributed by atoms with Gasteiger partial charge < -0.3 is 4.98 Å². The number of fused-ring (bicyclic) bond motifs is 1. The molecule has 0 radical (unpaired) electrons. The molecule has 0 saturated carbocycles. The van der Waals surface area contributed by atoms with Gasteiger partial charge in [-0.2, -0.15) is 0 Å². The number of para-hydroxylation sites is 1. The topological polar surface area (TPSA) is 132 Å². The molecular weight excluding hydrogens is 298 g/mol. The minimum absolute atomic E-state index is 0.107. The van der Waals surface area contributed by atoms with Crippen LogP contribution < -0.4 is 0 Å². The first-order chi connectivity index (χ1) is 10.0. The maximum atomic E-state index is 12.6. The number of sulfone groups is 1. The fourth-order valence-electron chi connectivity index (χ4n) is 1.89. The Kier molecular flexibility index (Phi) is 2.87. The van der Waals surface area contributed by atoms with Gasteiger partial charge in [-0.25, -0.2) is 23.4 Å². The molecule has 2 aromatic heterocycles. The lowest BCUT2D eigenvalue weighted by atomic mass is 10.3. The number of rotatable bonds is 3. The fraction of sp³-hybridized carbons (Fsp3) is 0. The molecule has 106 valence electrons. The first kappa shape index (κ1) is 13.1. The molecule has 0 amide bonds. The summed E-state index contributed by atoms with van der Waals surface area (Å²) >= 11 is 0. The third-order valence-electron chi connectivity index (χ3n) is 2.79. The van der Waals surface area contributed by atoms with Crippen LogP contribution in [0.25, 0.3) is 11.2 Å². The smallest absolute Gasteiger partial charge is 0.288 e. The molecular formula is C11H7N5O4S. The van der Waals surface area contributed by atoms with Crippen LogP contribution in [0.2, 0.25) is 0 Å². The molecule has 0 unspecified atom stereocenters. The minimum Gasteiger partial charge on any atom is -0.341 e. The second-order valence-electron chi connectivity index (χ2n) is 4.01. The predicted molar refractivity (Wildman–Crippen MR) is 70.2 cm³/mol. The van der Waals surface area contributed by atoms with Crippen LogP contribution in [-0.4, -0.2) is 33.3 Å². The molecule has 0 saturated heterocycles. The molecule has 0 aliphatic heterocycles. The fourth-order valence-corrected chi connectivity index (χ4v) is 3.37. The zero-order valence-corrected chi connectivity index (χ0v) is 11.1. The van der Waals surface area contributed by atoms with E-state index in [9.17, 15) is 18.5 Å². The standard InChI is InChI=1S/C11H7N5O4S/c17-16(18)7-3-1-2-4-8(7)21(19,20)11-9-10(13-5-12-9)14-6-15-11/h1-6H,(H,12,13,14,15). The second-order valence-corrected chi connectivity index (χ2v) is 5.84. The summed E-state index contributed by atoms with van der Waals surface area (Å²) < 4.78 is 25.3. The highest BCUT2D eigenvalue weighted by Gasteiger charge is 2.30. The van der Waals surface area contributed by atoms with Crippen molar-refractivity contribution in [3.05, 3.63) is 47.0 Å². The van der Waals surface area contributed by atoms with E-state index in [0.29, 0.717) is 0 Å². The SMILES string of the molecule is O=[N+]([O-])c1ccccc1S(=O)(=O)c1ncnc2nc[nH]c12. The normalized spacial score (nSPS) is 11.6. The zero-order chi connectivity index (χ0) is 15.0. The molecule has 1 N–H and O–H groups in total. The summed E-state index contributed by atoms with van der Waals surface area (Å²) in [6.45, 7) is 0. The van der Waals surface area contributed by atoms with Crippen LogP contribution in [0.3, 0.4) is 0 Å². The lowest BCUT2D eigenvalue weighted by Gasteiger charge is -2.04. The second kappa shape index (κ2) is 4.59. The van der Waals surface area contributed by atoms with E-state index in [0.717, 1.165) is 18.5 Å². The Balaban J connectivity index is 2.32. The molecule has 0 spiro atoms. The van der Waals surface area contributed by atoms with Gasteiger partial charge in [-0.05, 0) is 6.07 Å². The molecule has 3 rings (SSSR count). The van der Waals surface area contributed by atoms with Gasteiger partial charge in [0.25, 0.3) is 5.69 Å². The van der Waals surface area contributed by atoms with Crippen molar-refractivity contribution in [2.75, 3.05) is 0 Å². The number of nitro benzene ring substituents is 1. The summed E-state index contributed by atoms with van der Waals surface area (Å²) in [5.74, 6) is 0. The molecule has 9 nitrogen and oxygen atoms in total. The quantitative estimate of drug-likeness (QED) is 0.435. The molecule has 0 bridgehead atoms. The number of hydrogen-bond acceptors (Lipinski definition) is 7. The summed E-state index contributed by atoms with van der Waals surface area (Å²) in [4.78, 5) is 23.8. The molecule has 3 aromatic rings. The average Bonchev–Trinajstić information content (AvgIpc) is 2.95. The molecule has 2 heterocycles. The molecule has 0 atom stereocenters. The van der Waals surface area contributed by atoms with Crippen molar-refractivity contribution in [3.8, 4) is 0 Å². The van der Waals surface area contributed by atoms with Gasteiger partial charge in [-0.3, -0.25) is 10.1 Å². The number of nitrogens with one attached hydrogen (secondary N) is 1. The van der Waals surface area contributed by atoms with Gasteiger partial charge in [-0.15, -0.1) is 0 Å². The van der Waals surface area contributed by atoms with Gasteiger partial charge >= 0.3 is 0 Å². The summed E-state index contributed by atoms with van der Waals surface area (Å²) in [5, 5.41) is 10.7. The average molecular weight is 305 g/mol. The first-order valence-electron chi connectivity index (χ1n) is 5.64. The Labute approximate surface area is 117 Å². The van der Waals surface area contributed by atoms with Crippen LogP contribution in [-0.2, 0) is 9.84 Å². The number of benzene rings is 1. The highest BCUT2D eigenvalue weighted by molar-refractivity contribution is 7.91. The van der Waals surface area contributed by atoms with E-state index >= 15 is 0 Å². The van der Waals surface area contributed by atoms with Crippen LogP contribution in [0.1, 0.15) is 0 Å². The maximum absolute atomic E-state index is 12.6. The van der Waals surface area contributed by atoms with E-state index in [2.05, 4.69) is 19.9 Å². The maximum Gasteiger partial charge on any atom is 0.288 e. The number of aromatic nitrogens is 4. The van der Waals surface area contributed by atoms with E-state index in [1.165, 1.54) is 18.5 Å². The van der Waals surface area contributed by atoms with Crippen LogP contribution in [0.15, 0.2) is 46.8 Å². The molecule has 1 aromatic carbocycles. The molecule has 10 heteroatoms. The van der Waals surface area contributed by atoms with Crippen molar-refractivity contribution >= 4 is 26.7 Å². The highest BCUT2D eigenvalue weighted by Crippen LogP contribution is 2.30. The van der Waals surface area contributed by atoms with Crippen LogP contribution >= 0.6 is 0 Å². The molecule has 0 aliphatic rings. The van der Waals surface area contributed by atoms with Crippen molar-refractivity contribution in [2.45, 2.75) is 9.92 Å². The van der Waals surface area contributed by atoms with Crippen molar-refractivity contribution in [1.82, 2.24) is 19.9 Å². The number of nitro groups is 1. The van der Waals surface area contributed by atoms with E-state index in [4.69, 9.17) is 0 Å². The number of aromatic amines is 1. The van der Waals surface area contributed by atoms with Crippen molar-refractivity contribution in [1.29, 1.82) is 0 Å². The first-order valence-corrected chi connectivity index (χ1v) is 7.12. The van der Waals surface area contributed by atoms with Gasteiger partial charge in [-0.1, -0.05) is 12.1 Å². The Morgan fingerprint density at radius 3 is 2.67 bits per heavy atom. The Bertz CT molecular complexity index is 950. The van der Waals surface area contributed by atoms with Crippen molar-refractivity contribution < 1.29 is 13.3 Å². The van der Waals surface area contributed by atoms with Gasteiger partial charge in [0.05, 0.1) is 11.3 Å². The third kappa shape index (κ3) is 2.01. The lowest BCUT2D eigenvalue weighted by Crippen LogP contribution is -2.08. The van der Waals surface area contributed by atoms with E-state index in [1.54, 1.807) is 0 Å². The minimum atomic E-state index is -4.18. The molecule has 0 aliphatic carbocycles. The van der Waals surface area contributed by atoms with Crippen molar-refractivity contribution in [2.24, 2.45) is 0 Å². The summed E-state index contributed by atoms with van der Waals surface area (Å²) in [7, 11) is -4.18. The summed E-state index contributed by atoms with van der Waals surface area (Å²) in [5.41, 5.74) is -0.235. The molecule has 0 fully saturated rings. The number of nitrogens with zero attached hydrogens (tertiary/aromatic N) is 4. The highest BCUT2D eigenvalue weighted by atomic mass is 32.2.